The number of hydrogen-bond acceptors (Lipinski definition) is 3. The number of carbonyl (C=O) groups excluding carboxylic acids is 1. The van der Waals surface area contributed by atoms with Crippen LogP contribution in [0.25, 0.3) is 0 Å². The van der Waals surface area contributed by atoms with Crippen molar-refractivity contribution in [3.05, 3.63) is 16.4 Å². The molecule has 1 unspecified atom stereocenters. The Morgan fingerprint density at radius 2 is 2.18 bits per heavy atom. The molecular formula is C12H20BrN3O. The van der Waals surface area contributed by atoms with Crippen LogP contribution in [0.4, 0.5) is 0 Å². The van der Waals surface area contributed by atoms with Gasteiger partial charge in [-0.25, -0.2) is 0 Å². The van der Waals surface area contributed by atoms with Crippen molar-refractivity contribution in [2.24, 2.45) is 5.73 Å². The normalized spacial score (nSPS) is 13.1. The third-order valence-corrected chi connectivity index (χ3v) is 3.15. The molecule has 96 valence electrons. The van der Waals surface area contributed by atoms with Gasteiger partial charge in [-0.3, -0.25) is 9.48 Å². The van der Waals surface area contributed by atoms with Gasteiger partial charge in [0, 0.05) is 18.5 Å². The Hall–Kier alpha value is -0.680. The highest BCUT2D eigenvalue weighted by Crippen LogP contribution is 2.21. The predicted molar refractivity (Wildman–Crippen MR) is 72.1 cm³/mol. The van der Waals surface area contributed by atoms with E-state index >= 15 is 0 Å². The minimum Gasteiger partial charge on any atom is -0.328 e. The molecule has 0 amide bonds. The van der Waals surface area contributed by atoms with E-state index in [-0.39, 0.29) is 17.9 Å². The Bertz CT molecular complexity index is 385. The second kappa shape index (κ2) is 6.31. The Labute approximate surface area is 111 Å². The molecule has 4 nitrogen and oxygen atoms in total. The highest BCUT2D eigenvalue weighted by atomic mass is 79.9. The fourth-order valence-corrected chi connectivity index (χ4v) is 2.19. The van der Waals surface area contributed by atoms with Gasteiger partial charge in [-0.2, -0.15) is 5.10 Å². The Morgan fingerprint density at radius 1 is 1.53 bits per heavy atom. The summed E-state index contributed by atoms with van der Waals surface area (Å²) < 4.78 is 2.54. The minimum atomic E-state index is 0.128. The summed E-state index contributed by atoms with van der Waals surface area (Å²) in [5, 5.41) is 4.20. The zero-order chi connectivity index (χ0) is 13.0. The first-order valence-corrected chi connectivity index (χ1v) is 6.74. The Kier molecular flexibility index (Phi) is 5.33. The van der Waals surface area contributed by atoms with Gasteiger partial charge in [0.2, 0.25) is 0 Å². The van der Waals surface area contributed by atoms with Crippen LogP contribution in [0, 0.1) is 0 Å². The van der Waals surface area contributed by atoms with Crippen molar-refractivity contribution in [1.82, 2.24) is 9.78 Å². The molecule has 0 radical (unpaired) electrons. The van der Waals surface area contributed by atoms with Gasteiger partial charge in [-0.1, -0.05) is 0 Å². The van der Waals surface area contributed by atoms with E-state index in [2.05, 4.69) is 21.0 Å². The number of hydrogen-bond donors (Lipinski definition) is 1. The van der Waals surface area contributed by atoms with Gasteiger partial charge >= 0.3 is 0 Å². The first kappa shape index (κ1) is 14.4. The van der Waals surface area contributed by atoms with E-state index in [4.69, 9.17) is 5.73 Å². The van der Waals surface area contributed by atoms with Crippen LogP contribution in [0.3, 0.4) is 0 Å². The van der Waals surface area contributed by atoms with Gasteiger partial charge in [0.15, 0.2) is 5.78 Å². The highest BCUT2D eigenvalue weighted by Gasteiger charge is 2.18. The molecule has 1 atom stereocenters. The number of nitrogens with zero attached hydrogens (tertiary/aromatic N) is 2. The van der Waals surface area contributed by atoms with Crippen LogP contribution in [-0.2, 0) is 0 Å². The summed E-state index contributed by atoms with van der Waals surface area (Å²) in [5.41, 5.74) is 6.34. The second-order valence-corrected chi connectivity index (χ2v) is 5.53. The lowest BCUT2D eigenvalue weighted by Gasteiger charge is -2.11. The molecular weight excluding hydrogens is 282 g/mol. The Morgan fingerprint density at radius 3 is 2.71 bits per heavy atom. The molecule has 5 heteroatoms. The maximum atomic E-state index is 12.1. The van der Waals surface area contributed by atoms with Gasteiger partial charge in [0.1, 0.15) is 5.69 Å². The van der Waals surface area contributed by atoms with Gasteiger partial charge in [0.05, 0.1) is 10.7 Å². The number of carbonyl (C=O) groups is 1. The molecule has 0 saturated carbocycles. The number of nitrogens with two attached hydrogens (primary N) is 1. The van der Waals surface area contributed by atoms with Gasteiger partial charge < -0.3 is 5.73 Å². The summed E-state index contributed by atoms with van der Waals surface area (Å²) >= 11 is 3.38. The molecule has 17 heavy (non-hydrogen) atoms. The lowest BCUT2D eigenvalue weighted by molar-refractivity contribution is 0.0966. The zero-order valence-corrected chi connectivity index (χ0v) is 12.2. The van der Waals surface area contributed by atoms with E-state index in [1.807, 2.05) is 20.8 Å². The minimum absolute atomic E-state index is 0.128. The molecule has 0 aliphatic heterocycles. The molecule has 0 fully saturated rings. The van der Waals surface area contributed by atoms with E-state index < -0.39 is 0 Å². The van der Waals surface area contributed by atoms with Crippen molar-refractivity contribution in [2.75, 3.05) is 0 Å². The van der Waals surface area contributed by atoms with Crippen molar-refractivity contribution < 1.29 is 4.79 Å². The summed E-state index contributed by atoms with van der Waals surface area (Å²) in [7, 11) is 0. The van der Waals surface area contributed by atoms with Crippen LogP contribution >= 0.6 is 15.9 Å². The lowest BCUT2D eigenvalue weighted by Crippen LogP contribution is -2.16. The van der Waals surface area contributed by atoms with Crippen molar-refractivity contribution in [2.45, 2.75) is 52.1 Å². The van der Waals surface area contributed by atoms with Crippen LogP contribution in [-0.4, -0.2) is 21.6 Å². The van der Waals surface area contributed by atoms with E-state index in [0.717, 1.165) is 17.3 Å². The fraction of sp³-hybridized carbons (Fsp3) is 0.667. The maximum Gasteiger partial charge on any atom is 0.182 e. The van der Waals surface area contributed by atoms with Crippen LogP contribution in [0.15, 0.2) is 10.7 Å². The summed E-state index contributed by atoms with van der Waals surface area (Å²) in [4.78, 5) is 12.1. The molecule has 1 aromatic heterocycles. The largest absolute Gasteiger partial charge is 0.328 e. The quantitative estimate of drug-likeness (QED) is 0.822. The van der Waals surface area contributed by atoms with Crippen LogP contribution < -0.4 is 5.73 Å². The molecule has 1 rings (SSSR count). The van der Waals surface area contributed by atoms with E-state index in [1.165, 1.54) is 0 Å². The molecule has 0 spiro atoms. The Balaban J connectivity index is 2.71. The number of Topliss-reactive ketones (excluding diaryl/α,β-unsaturated/α-hetero) is 1. The zero-order valence-electron chi connectivity index (χ0n) is 10.6. The maximum absolute atomic E-state index is 12.1. The van der Waals surface area contributed by atoms with E-state index in [1.54, 1.807) is 10.9 Å². The summed E-state index contributed by atoms with van der Waals surface area (Å²) in [5.74, 6) is 0.128. The van der Waals surface area contributed by atoms with Crippen molar-refractivity contribution in [3.63, 3.8) is 0 Å². The summed E-state index contributed by atoms with van der Waals surface area (Å²) in [6, 6.07) is 0.343. The van der Waals surface area contributed by atoms with Gasteiger partial charge in [-0.15, -0.1) is 0 Å². The standard InChI is InChI=1S/C12H20BrN3O/c1-8(2)16-12(10(13)7-15-16)11(17)6-4-5-9(3)14/h7-9H,4-6,14H2,1-3H3. The van der Waals surface area contributed by atoms with Crippen molar-refractivity contribution >= 4 is 21.7 Å². The molecule has 1 aromatic rings. The molecule has 0 aliphatic rings. The third-order valence-electron chi connectivity index (χ3n) is 2.57. The van der Waals surface area contributed by atoms with Gasteiger partial charge in [0.25, 0.3) is 0 Å². The monoisotopic (exact) mass is 301 g/mol. The topological polar surface area (TPSA) is 60.9 Å². The lowest BCUT2D eigenvalue weighted by atomic mass is 10.1. The fourth-order valence-electron chi connectivity index (χ4n) is 1.70. The second-order valence-electron chi connectivity index (χ2n) is 4.67. The van der Waals surface area contributed by atoms with E-state index in [9.17, 15) is 4.79 Å². The first-order valence-electron chi connectivity index (χ1n) is 5.95. The third kappa shape index (κ3) is 3.92. The van der Waals surface area contributed by atoms with Crippen molar-refractivity contribution in [3.8, 4) is 0 Å². The molecule has 1 heterocycles. The number of rotatable bonds is 6. The summed E-state index contributed by atoms with van der Waals surface area (Å²) in [6.45, 7) is 5.98. The van der Waals surface area contributed by atoms with E-state index in [0.29, 0.717) is 12.1 Å². The molecule has 0 saturated heterocycles. The molecule has 0 aromatic carbocycles. The van der Waals surface area contributed by atoms with Crippen LogP contribution in [0.1, 0.15) is 56.6 Å². The van der Waals surface area contributed by atoms with Crippen molar-refractivity contribution in [1.29, 1.82) is 0 Å². The average Bonchev–Trinajstić information content (AvgIpc) is 2.59. The number of ketones is 1. The number of halogens is 1. The van der Waals surface area contributed by atoms with Crippen LogP contribution in [0.5, 0.6) is 0 Å². The molecule has 2 N–H and O–H groups in total. The SMILES string of the molecule is CC(N)CCCC(=O)c1c(Br)cnn1C(C)C. The van der Waals surface area contributed by atoms with Gasteiger partial charge in [-0.05, 0) is 49.5 Å². The average molecular weight is 302 g/mol. The summed E-state index contributed by atoms with van der Waals surface area (Å²) in [6.07, 6.45) is 3.91. The molecule has 0 bridgehead atoms. The number of aromatic nitrogens is 2. The molecule has 0 aliphatic carbocycles. The highest BCUT2D eigenvalue weighted by molar-refractivity contribution is 9.10. The van der Waals surface area contributed by atoms with Crippen LogP contribution in [0.2, 0.25) is 0 Å². The smallest absolute Gasteiger partial charge is 0.182 e. The first-order chi connectivity index (χ1) is 7.93. The predicted octanol–water partition coefficient (Wildman–Crippen LogP) is 2.93.